The third-order valence-corrected chi connectivity index (χ3v) is 5.72. The molecule has 0 fully saturated rings. The number of rotatable bonds is 2. The monoisotopic (exact) mass is 386 g/mol. The number of benzene rings is 2. The fourth-order valence-corrected chi connectivity index (χ4v) is 4.25. The molecule has 0 N–H and O–H groups in total. The van der Waals surface area contributed by atoms with Crippen LogP contribution < -0.4 is 0 Å². The predicted octanol–water partition coefficient (Wildman–Crippen LogP) is 5.03. The van der Waals surface area contributed by atoms with Gasteiger partial charge in [0.05, 0.1) is 5.57 Å². The number of nitrogens with zero attached hydrogens (tertiary/aromatic N) is 2. The smallest absolute Gasteiger partial charge is 0.259 e. The first-order valence-electron chi connectivity index (χ1n) is 8.77. The van der Waals surface area contributed by atoms with Crippen LogP contribution in [0.4, 0.5) is 0 Å². The van der Waals surface area contributed by atoms with Crippen molar-refractivity contribution in [3.05, 3.63) is 75.3 Å². The van der Waals surface area contributed by atoms with E-state index >= 15 is 0 Å². The highest BCUT2D eigenvalue weighted by molar-refractivity contribution is 7.18. The van der Waals surface area contributed by atoms with Gasteiger partial charge in [0.25, 0.3) is 5.71 Å². The number of aryl methyl sites for hydroxylation is 2. The van der Waals surface area contributed by atoms with Crippen LogP contribution in [0.15, 0.2) is 52.5 Å². The van der Waals surface area contributed by atoms with Gasteiger partial charge in [-0.3, -0.25) is 9.59 Å². The highest BCUT2D eigenvalue weighted by Crippen LogP contribution is 2.34. The number of fused-ring (bicyclic) bond motifs is 2. The molecule has 1 aliphatic carbocycles. The fourth-order valence-electron chi connectivity index (χ4n) is 3.45. The summed E-state index contributed by atoms with van der Waals surface area (Å²) >= 11 is 1.29. The molecule has 0 aliphatic heterocycles. The summed E-state index contributed by atoms with van der Waals surface area (Å²) in [4.78, 5) is 35.2. The van der Waals surface area contributed by atoms with Gasteiger partial charge in [0.2, 0.25) is 5.89 Å². The molecule has 1 aliphatic rings. The molecule has 0 amide bonds. The van der Waals surface area contributed by atoms with E-state index in [2.05, 4.69) is 9.97 Å². The Balaban J connectivity index is 1.55. The minimum atomic E-state index is -0.244. The minimum absolute atomic E-state index is 0.145. The molecule has 0 atom stereocenters. The minimum Gasteiger partial charge on any atom is -0.417 e. The van der Waals surface area contributed by atoms with Crippen LogP contribution in [-0.4, -0.2) is 21.5 Å². The summed E-state index contributed by atoms with van der Waals surface area (Å²) in [7, 11) is 0. The van der Waals surface area contributed by atoms with Gasteiger partial charge in [-0.25, -0.2) is 0 Å². The Hall–Kier alpha value is -3.38. The molecule has 28 heavy (non-hydrogen) atoms. The van der Waals surface area contributed by atoms with Gasteiger partial charge >= 0.3 is 0 Å². The average molecular weight is 386 g/mol. The maximum Gasteiger partial charge on any atom is 0.259 e. The van der Waals surface area contributed by atoms with Crippen LogP contribution in [-0.2, 0) is 0 Å². The van der Waals surface area contributed by atoms with Crippen molar-refractivity contribution in [3.8, 4) is 11.5 Å². The quantitative estimate of drug-likeness (QED) is 0.357. The van der Waals surface area contributed by atoms with Crippen molar-refractivity contribution in [3.63, 3.8) is 0 Å². The van der Waals surface area contributed by atoms with E-state index in [1.807, 2.05) is 56.3 Å². The number of allylic oxidation sites excluding steroid dienone is 1. The summed E-state index contributed by atoms with van der Waals surface area (Å²) in [5.74, 6) is 0.0112. The van der Waals surface area contributed by atoms with Crippen molar-refractivity contribution in [2.45, 2.75) is 13.8 Å². The molecule has 0 unspecified atom stereocenters. The average Bonchev–Trinajstić information content (AvgIpc) is 3.32. The maximum atomic E-state index is 12.8. The summed E-state index contributed by atoms with van der Waals surface area (Å²) in [6.45, 7) is 3.69. The van der Waals surface area contributed by atoms with Gasteiger partial charge < -0.3 is 4.42 Å². The maximum absolute atomic E-state index is 12.8. The first-order valence-corrected chi connectivity index (χ1v) is 9.58. The number of oxazole rings is 1. The Morgan fingerprint density at radius 3 is 2.14 bits per heavy atom. The Bertz CT molecular complexity index is 1240. The number of ketones is 2. The number of Topliss-reactive ketones (excluding diaryl/α,β-unsaturated/α-hetero) is 2. The molecule has 5 nitrogen and oxygen atoms in total. The number of hydrogen-bond donors (Lipinski definition) is 0. The topological polar surface area (TPSA) is 73.1 Å². The third-order valence-electron chi connectivity index (χ3n) is 4.85. The summed E-state index contributed by atoms with van der Waals surface area (Å²) in [6.07, 6.45) is 1.55. The standard InChI is InChI=1S/C22H14N2O3S/c1-11-8-9-12(2)17-16(11)18(25)14(19(17)26)10-15-23-21-22(28-15)24-20(27-21)13-6-4-3-5-7-13/h3-10H,1-2H3. The summed E-state index contributed by atoms with van der Waals surface area (Å²) < 4.78 is 5.74. The van der Waals surface area contributed by atoms with Gasteiger partial charge in [-0.15, -0.1) is 0 Å². The lowest BCUT2D eigenvalue weighted by Crippen LogP contribution is -2.00. The Labute approximate surface area is 164 Å². The molecule has 6 heteroatoms. The number of hydrogen-bond acceptors (Lipinski definition) is 6. The number of carbonyl (C=O) groups excluding carboxylic acids is 2. The highest BCUT2D eigenvalue weighted by Gasteiger charge is 2.35. The van der Waals surface area contributed by atoms with Crippen molar-refractivity contribution >= 4 is 39.5 Å². The third kappa shape index (κ3) is 2.46. The Morgan fingerprint density at radius 2 is 1.54 bits per heavy atom. The van der Waals surface area contributed by atoms with E-state index in [0.717, 1.165) is 16.7 Å². The molecular formula is C22H14N2O3S. The zero-order valence-corrected chi connectivity index (χ0v) is 16.0. The Kier molecular flexibility index (Phi) is 3.64. The first-order chi connectivity index (χ1) is 13.5. The molecule has 136 valence electrons. The second-order valence-corrected chi connectivity index (χ2v) is 7.72. The summed E-state index contributed by atoms with van der Waals surface area (Å²) in [5, 5.41) is 0.528. The van der Waals surface area contributed by atoms with Crippen LogP contribution in [0.2, 0.25) is 0 Å². The van der Waals surface area contributed by atoms with E-state index < -0.39 is 0 Å². The van der Waals surface area contributed by atoms with Crippen molar-refractivity contribution in [1.82, 2.24) is 9.97 Å². The summed E-state index contributed by atoms with van der Waals surface area (Å²) in [6, 6.07) is 13.3. The van der Waals surface area contributed by atoms with E-state index in [0.29, 0.717) is 32.6 Å². The highest BCUT2D eigenvalue weighted by atomic mass is 32.1. The van der Waals surface area contributed by atoms with Crippen LogP contribution >= 0.6 is 11.3 Å². The SMILES string of the molecule is Cc1ccc(C)c2c1C(=O)C(=Cc1nc3oc(-c4ccccc4)nc3s1)C2=O. The molecule has 4 aromatic rings. The molecular weight excluding hydrogens is 372 g/mol. The van der Waals surface area contributed by atoms with Crippen LogP contribution in [0, 0.1) is 13.8 Å². The van der Waals surface area contributed by atoms with E-state index in [-0.39, 0.29) is 17.1 Å². The van der Waals surface area contributed by atoms with Crippen molar-refractivity contribution in [2.24, 2.45) is 0 Å². The van der Waals surface area contributed by atoms with Crippen molar-refractivity contribution in [1.29, 1.82) is 0 Å². The lowest BCUT2D eigenvalue weighted by Gasteiger charge is -2.03. The van der Waals surface area contributed by atoms with Crippen LogP contribution in [0.5, 0.6) is 0 Å². The van der Waals surface area contributed by atoms with Gasteiger partial charge in [0.1, 0.15) is 5.01 Å². The number of thiazole rings is 1. The summed E-state index contributed by atoms with van der Waals surface area (Å²) in [5.41, 5.74) is 4.04. The molecule has 2 aromatic carbocycles. The van der Waals surface area contributed by atoms with E-state index in [1.165, 1.54) is 11.3 Å². The van der Waals surface area contributed by atoms with Crippen LogP contribution in [0.3, 0.4) is 0 Å². The number of carbonyl (C=O) groups is 2. The van der Waals surface area contributed by atoms with Crippen LogP contribution in [0.25, 0.3) is 28.1 Å². The molecule has 2 aromatic heterocycles. The zero-order chi connectivity index (χ0) is 19.4. The molecule has 0 bridgehead atoms. The van der Waals surface area contributed by atoms with Gasteiger partial charge in [0.15, 0.2) is 16.4 Å². The second kappa shape index (κ2) is 6.07. The molecule has 2 heterocycles. The first kappa shape index (κ1) is 16.8. The Morgan fingerprint density at radius 1 is 0.893 bits per heavy atom. The zero-order valence-electron chi connectivity index (χ0n) is 15.1. The van der Waals surface area contributed by atoms with E-state index in [4.69, 9.17) is 4.42 Å². The van der Waals surface area contributed by atoms with E-state index in [9.17, 15) is 9.59 Å². The van der Waals surface area contributed by atoms with Crippen molar-refractivity contribution < 1.29 is 14.0 Å². The van der Waals surface area contributed by atoms with Crippen LogP contribution in [0.1, 0.15) is 36.9 Å². The lowest BCUT2D eigenvalue weighted by molar-refractivity contribution is 0.0990. The molecule has 0 spiro atoms. The largest absolute Gasteiger partial charge is 0.417 e. The number of aromatic nitrogens is 2. The molecule has 0 radical (unpaired) electrons. The molecule has 0 saturated carbocycles. The van der Waals surface area contributed by atoms with Gasteiger partial charge in [-0.05, 0) is 43.2 Å². The van der Waals surface area contributed by atoms with E-state index in [1.54, 1.807) is 6.08 Å². The molecule has 5 rings (SSSR count). The fraction of sp³-hybridized carbons (Fsp3) is 0.0909. The van der Waals surface area contributed by atoms with Crippen molar-refractivity contribution in [2.75, 3.05) is 0 Å². The van der Waals surface area contributed by atoms with Gasteiger partial charge in [-0.2, -0.15) is 9.97 Å². The van der Waals surface area contributed by atoms with Gasteiger partial charge in [-0.1, -0.05) is 41.7 Å². The van der Waals surface area contributed by atoms with Gasteiger partial charge in [0, 0.05) is 16.7 Å². The lowest BCUT2D eigenvalue weighted by atomic mass is 9.99. The predicted molar refractivity (Wildman–Crippen MR) is 108 cm³/mol. The molecule has 0 saturated heterocycles. The second-order valence-electron chi connectivity index (χ2n) is 6.71. The normalized spacial score (nSPS) is 13.4.